The monoisotopic (exact) mass is 254 g/mol. The minimum atomic E-state index is -1.54. The van der Waals surface area contributed by atoms with Crippen LogP contribution in [0.1, 0.15) is 27.2 Å². The van der Waals surface area contributed by atoms with Crippen molar-refractivity contribution in [1.82, 2.24) is 0 Å². The maximum Gasteiger partial charge on any atom is 0.303 e. The molecule has 0 saturated heterocycles. The van der Waals surface area contributed by atoms with Crippen molar-refractivity contribution in [3.8, 4) is 0 Å². The zero-order valence-corrected chi connectivity index (χ0v) is 10.4. The number of carbonyl (C=O) groups excluding carboxylic acids is 5. The molecule has 0 aromatic carbocycles. The van der Waals surface area contributed by atoms with E-state index in [-0.39, 0.29) is 12.2 Å². The molecule has 0 rings (SSSR count). The third kappa shape index (κ3) is 6.47. The SMILES string of the molecule is CC(=O)CC(=O)/C=C\C(=O)C(OC(C)=O)C(C)=O. The Kier molecular flexibility index (Phi) is 6.41. The zero-order valence-electron chi connectivity index (χ0n) is 10.4. The van der Waals surface area contributed by atoms with Crippen LogP contribution in [0.15, 0.2) is 12.2 Å². The topological polar surface area (TPSA) is 94.6 Å². The summed E-state index contributed by atoms with van der Waals surface area (Å²) in [5.41, 5.74) is 0. The highest BCUT2D eigenvalue weighted by molar-refractivity contribution is 6.13. The Hall–Kier alpha value is -2.11. The van der Waals surface area contributed by atoms with E-state index in [1.807, 2.05) is 0 Å². The van der Waals surface area contributed by atoms with Gasteiger partial charge in [0.05, 0.1) is 6.42 Å². The fraction of sp³-hybridized carbons (Fsp3) is 0.417. The summed E-state index contributed by atoms with van der Waals surface area (Å²) in [5, 5.41) is 0. The Labute approximate surface area is 104 Å². The van der Waals surface area contributed by atoms with Crippen molar-refractivity contribution < 1.29 is 28.7 Å². The van der Waals surface area contributed by atoms with Crippen LogP contribution in [0, 0.1) is 0 Å². The van der Waals surface area contributed by atoms with Crippen molar-refractivity contribution in [1.29, 1.82) is 0 Å². The van der Waals surface area contributed by atoms with Gasteiger partial charge in [0.25, 0.3) is 0 Å². The number of allylic oxidation sites excluding steroid dienone is 1. The molecule has 0 aromatic heterocycles. The number of esters is 1. The van der Waals surface area contributed by atoms with Crippen molar-refractivity contribution >= 4 is 29.1 Å². The maximum atomic E-state index is 11.5. The van der Waals surface area contributed by atoms with Crippen molar-refractivity contribution in [3.63, 3.8) is 0 Å². The highest BCUT2D eigenvalue weighted by Gasteiger charge is 2.24. The molecule has 1 unspecified atom stereocenters. The third-order valence-corrected chi connectivity index (χ3v) is 1.77. The molecule has 0 amide bonds. The lowest BCUT2D eigenvalue weighted by atomic mass is 10.1. The van der Waals surface area contributed by atoms with Crippen LogP contribution in [-0.4, -0.2) is 35.2 Å². The summed E-state index contributed by atoms with van der Waals surface area (Å²) in [6, 6.07) is 0. The smallest absolute Gasteiger partial charge is 0.303 e. The number of ketones is 4. The highest BCUT2D eigenvalue weighted by Crippen LogP contribution is 1.99. The van der Waals surface area contributed by atoms with Crippen molar-refractivity contribution in [3.05, 3.63) is 12.2 Å². The van der Waals surface area contributed by atoms with E-state index in [1.54, 1.807) is 0 Å². The van der Waals surface area contributed by atoms with Gasteiger partial charge in [-0.15, -0.1) is 0 Å². The lowest BCUT2D eigenvalue weighted by molar-refractivity contribution is -0.156. The molecule has 0 bridgehead atoms. The van der Waals surface area contributed by atoms with Crippen LogP contribution in [0.4, 0.5) is 0 Å². The largest absolute Gasteiger partial charge is 0.446 e. The second-order valence-electron chi connectivity index (χ2n) is 3.68. The quantitative estimate of drug-likeness (QED) is 0.365. The Morgan fingerprint density at radius 2 is 1.56 bits per heavy atom. The molecule has 98 valence electrons. The minimum absolute atomic E-state index is 0.317. The molecule has 0 radical (unpaired) electrons. The summed E-state index contributed by atoms with van der Waals surface area (Å²) in [5.74, 6) is -3.11. The summed E-state index contributed by atoms with van der Waals surface area (Å²) in [4.78, 5) is 55.0. The predicted octanol–water partition coefficient (Wildman–Crippen LogP) is 0.181. The summed E-state index contributed by atoms with van der Waals surface area (Å²) < 4.78 is 4.52. The molecule has 0 N–H and O–H groups in total. The van der Waals surface area contributed by atoms with Gasteiger partial charge in [-0.2, -0.15) is 0 Å². The summed E-state index contributed by atoms with van der Waals surface area (Å²) in [6.07, 6.45) is -0.130. The first-order valence-corrected chi connectivity index (χ1v) is 5.16. The van der Waals surface area contributed by atoms with Crippen LogP contribution in [-0.2, 0) is 28.7 Å². The van der Waals surface area contributed by atoms with Gasteiger partial charge in [-0.3, -0.25) is 24.0 Å². The lowest BCUT2D eigenvalue weighted by Crippen LogP contribution is -2.31. The molecule has 6 heteroatoms. The molecule has 1 atom stereocenters. The van der Waals surface area contributed by atoms with Gasteiger partial charge < -0.3 is 4.74 Å². The Balaban J connectivity index is 4.65. The van der Waals surface area contributed by atoms with Crippen LogP contribution in [0.5, 0.6) is 0 Å². The number of hydrogen-bond donors (Lipinski definition) is 0. The first-order chi connectivity index (χ1) is 8.23. The molecule has 0 aliphatic rings. The van der Waals surface area contributed by atoms with E-state index in [2.05, 4.69) is 4.74 Å². The van der Waals surface area contributed by atoms with Gasteiger partial charge in [0, 0.05) is 6.92 Å². The zero-order chi connectivity index (χ0) is 14.3. The Morgan fingerprint density at radius 1 is 1.00 bits per heavy atom. The minimum Gasteiger partial charge on any atom is -0.446 e. The van der Waals surface area contributed by atoms with Crippen molar-refractivity contribution in [2.24, 2.45) is 0 Å². The standard InChI is InChI=1S/C12H14O6/c1-7(13)6-10(16)4-5-11(17)12(8(2)14)18-9(3)15/h4-5,12H,6H2,1-3H3/b5-4-. The summed E-state index contributed by atoms with van der Waals surface area (Å²) >= 11 is 0. The predicted molar refractivity (Wildman–Crippen MR) is 60.7 cm³/mol. The molecule has 0 aliphatic carbocycles. The lowest BCUT2D eigenvalue weighted by Gasteiger charge is -2.09. The maximum absolute atomic E-state index is 11.5. The summed E-state index contributed by atoms with van der Waals surface area (Å²) in [6.45, 7) is 3.40. The van der Waals surface area contributed by atoms with E-state index < -0.39 is 29.4 Å². The average molecular weight is 254 g/mol. The van der Waals surface area contributed by atoms with E-state index in [4.69, 9.17) is 0 Å². The Morgan fingerprint density at radius 3 is 1.94 bits per heavy atom. The number of rotatable bonds is 7. The van der Waals surface area contributed by atoms with Crippen molar-refractivity contribution in [2.75, 3.05) is 0 Å². The number of hydrogen-bond acceptors (Lipinski definition) is 6. The normalized spacial score (nSPS) is 11.9. The average Bonchev–Trinajstić information content (AvgIpc) is 2.21. The molecule has 0 heterocycles. The van der Waals surface area contributed by atoms with E-state index in [1.165, 1.54) is 6.92 Å². The Bertz CT molecular complexity index is 418. The molecule has 0 saturated carbocycles. The molecular weight excluding hydrogens is 240 g/mol. The van der Waals surface area contributed by atoms with Gasteiger partial charge in [0.2, 0.25) is 11.9 Å². The van der Waals surface area contributed by atoms with Crippen LogP contribution in [0.3, 0.4) is 0 Å². The third-order valence-electron chi connectivity index (χ3n) is 1.77. The van der Waals surface area contributed by atoms with Gasteiger partial charge >= 0.3 is 5.97 Å². The van der Waals surface area contributed by atoms with Crippen molar-refractivity contribution in [2.45, 2.75) is 33.3 Å². The number of Topliss-reactive ketones (excluding diaryl/α,β-unsaturated/α-hetero) is 2. The van der Waals surface area contributed by atoms with Gasteiger partial charge in [0.1, 0.15) is 5.78 Å². The van der Waals surface area contributed by atoms with Gasteiger partial charge in [-0.1, -0.05) is 0 Å². The van der Waals surface area contributed by atoms with E-state index in [0.717, 1.165) is 26.0 Å². The van der Waals surface area contributed by atoms with E-state index in [0.29, 0.717) is 0 Å². The van der Waals surface area contributed by atoms with Crippen LogP contribution < -0.4 is 0 Å². The number of ether oxygens (including phenoxy) is 1. The molecule has 18 heavy (non-hydrogen) atoms. The first kappa shape index (κ1) is 15.9. The summed E-state index contributed by atoms with van der Waals surface area (Å²) in [7, 11) is 0. The van der Waals surface area contributed by atoms with Crippen LogP contribution in [0.2, 0.25) is 0 Å². The molecule has 0 aromatic rings. The molecule has 0 aliphatic heterocycles. The molecule has 0 fully saturated rings. The molecular formula is C12H14O6. The second-order valence-corrected chi connectivity index (χ2v) is 3.68. The fourth-order valence-corrected chi connectivity index (χ4v) is 1.07. The van der Waals surface area contributed by atoms with E-state index >= 15 is 0 Å². The highest BCUT2D eigenvalue weighted by atomic mass is 16.5. The van der Waals surface area contributed by atoms with Gasteiger partial charge in [0.15, 0.2) is 11.6 Å². The first-order valence-electron chi connectivity index (χ1n) is 5.16. The van der Waals surface area contributed by atoms with Gasteiger partial charge in [-0.25, -0.2) is 0 Å². The fourth-order valence-electron chi connectivity index (χ4n) is 1.07. The van der Waals surface area contributed by atoms with E-state index in [9.17, 15) is 24.0 Å². The second kappa shape index (κ2) is 7.26. The van der Waals surface area contributed by atoms with Crippen LogP contribution >= 0.6 is 0 Å². The number of carbonyl (C=O) groups is 5. The van der Waals surface area contributed by atoms with Gasteiger partial charge in [-0.05, 0) is 26.0 Å². The molecule has 0 spiro atoms. The molecule has 6 nitrogen and oxygen atoms in total. The van der Waals surface area contributed by atoms with Crippen LogP contribution in [0.25, 0.3) is 0 Å².